The van der Waals surface area contributed by atoms with Gasteiger partial charge in [-0.25, -0.2) is 0 Å². The SMILES string of the molecule is COc1ccc(N)c(C(F)(F)F)c1Br. The highest BCUT2D eigenvalue weighted by molar-refractivity contribution is 9.10. The number of nitrogen functional groups attached to an aromatic ring is 1. The smallest absolute Gasteiger partial charge is 0.419 e. The molecule has 0 fully saturated rings. The van der Waals surface area contributed by atoms with Crippen molar-refractivity contribution in [2.24, 2.45) is 0 Å². The minimum Gasteiger partial charge on any atom is -0.496 e. The molecule has 0 bridgehead atoms. The van der Waals surface area contributed by atoms with E-state index in [-0.39, 0.29) is 15.9 Å². The second-order valence-corrected chi connectivity index (χ2v) is 3.34. The van der Waals surface area contributed by atoms with Crippen LogP contribution in [0.15, 0.2) is 16.6 Å². The Kier molecular flexibility index (Phi) is 2.94. The molecule has 0 aliphatic heterocycles. The van der Waals surface area contributed by atoms with Crippen molar-refractivity contribution in [2.45, 2.75) is 6.18 Å². The molecule has 78 valence electrons. The first-order valence-electron chi connectivity index (χ1n) is 3.57. The van der Waals surface area contributed by atoms with Crippen LogP contribution >= 0.6 is 15.9 Å². The average molecular weight is 270 g/mol. The number of nitrogens with two attached hydrogens (primary N) is 1. The minimum atomic E-state index is -4.49. The van der Waals surface area contributed by atoms with Crippen LogP contribution in [0, 0.1) is 0 Å². The fraction of sp³-hybridized carbons (Fsp3) is 0.250. The molecule has 0 spiro atoms. The Morgan fingerprint density at radius 1 is 1.36 bits per heavy atom. The zero-order valence-corrected chi connectivity index (χ0v) is 8.74. The monoisotopic (exact) mass is 269 g/mol. The van der Waals surface area contributed by atoms with Crippen LogP contribution in [0.25, 0.3) is 0 Å². The van der Waals surface area contributed by atoms with E-state index in [1.807, 2.05) is 0 Å². The van der Waals surface area contributed by atoms with E-state index in [0.29, 0.717) is 0 Å². The Labute approximate surface area is 87.0 Å². The molecule has 14 heavy (non-hydrogen) atoms. The molecule has 1 aromatic rings. The van der Waals surface area contributed by atoms with Gasteiger partial charge in [-0.15, -0.1) is 0 Å². The Bertz CT molecular complexity index is 351. The summed E-state index contributed by atoms with van der Waals surface area (Å²) >= 11 is 2.80. The zero-order chi connectivity index (χ0) is 10.9. The molecular weight excluding hydrogens is 263 g/mol. The van der Waals surface area contributed by atoms with Gasteiger partial charge in [-0.2, -0.15) is 13.2 Å². The summed E-state index contributed by atoms with van der Waals surface area (Å²) in [5.74, 6) is 0.103. The molecule has 0 atom stereocenters. The van der Waals surface area contributed by atoms with Crippen LogP contribution in [0.2, 0.25) is 0 Å². The van der Waals surface area contributed by atoms with Crippen molar-refractivity contribution in [2.75, 3.05) is 12.8 Å². The Morgan fingerprint density at radius 2 is 1.93 bits per heavy atom. The van der Waals surface area contributed by atoms with Gasteiger partial charge in [-0.05, 0) is 28.1 Å². The standard InChI is InChI=1S/C8H7BrF3NO/c1-14-5-3-2-4(13)6(7(5)9)8(10,11)12/h2-3H,13H2,1H3. The maximum absolute atomic E-state index is 12.5. The number of benzene rings is 1. The van der Waals surface area contributed by atoms with E-state index in [9.17, 15) is 13.2 Å². The number of hydrogen-bond donors (Lipinski definition) is 1. The second-order valence-electron chi connectivity index (χ2n) is 2.54. The Morgan fingerprint density at radius 3 is 2.36 bits per heavy atom. The lowest BCUT2D eigenvalue weighted by atomic mass is 10.1. The number of rotatable bonds is 1. The molecular formula is C8H7BrF3NO. The van der Waals surface area contributed by atoms with E-state index in [4.69, 9.17) is 10.5 Å². The summed E-state index contributed by atoms with van der Waals surface area (Å²) in [6, 6.07) is 2.53. The first-order valence-corrected chi connectivity index (χ1v) is 4.36. The number of hydrogen-bond acceptors (Lipinski definition) is 2. The number of methoxy groups -OCH3 is 1. The maximum atomic E-state index is 12.5. The highest BCUT2D eigenvalue weighted by Crippen LogP contribution is 2.42. The van der Waals surface area contributed by atoms with Crippen molar-refractivity contribution < 1.29 is 17.9 Å². The van der Waals surface area contributed by atoms with Gasteiger partial charge in [0.1, 0.15) is 5.75 Å². The van der Waals surface area contributed by atoms with Crippen molar-refractivity contribution in [1.29, 1.82) is 0 Å². The first kappa shape index (κ1) is 11.2. The van der Waals surface area contributed by atoms with E-state index >= 15 is 0 Å². The summed E-state index contributed by atoms with van der Waals surface area (Å²) in [4.78, 5) is 0. The first-order chi connectivity index (χ1) is 6.38. The van der Waals surface area contributed by atoms with Crippen LogP contribution < -0.4 is 10.5 Å². The number of alkyl halides is 3. The van der Waals surface area contributed by atoms with Crippen molar-refractivity contribution in [3.63, 3.8) is 0 Å². The molecule has 0 aromatic heterocycles. The quantitative estimate of drug-likeness (QED) is 0.796. The van der Waals surface area contributed by atoms with Crippen molar-refractivity contribution in [3.8, 4) is 5.75 Å². The van der Waals surface area contributed by atoms with Gasteiger partial charge in [0.05, 0.1) is 17.1 Å². The number of anilines is 1. The summed E-state index contributed by atoms with van der Waals surface area (Å²) in [5, 5.41) is 0. The predicted octanol–water partition coefficient (Wildman–Crippen LogP) is 3.06. The molecule has 0 amide bonds. The normalized spacial score (nSPS) is 11.5. The molecule has 0 aliphatic carbocycles. The van der Waals surface area contributed by atoms with E-state index < -0.39 is 11.7 Å². The molecule has 0 saturated heterocycles. The summed E-state index contributed by atoms with van der Waals surface area (Å²) < 4.78 is 41.9. The van der Waals surface area contributed by atoms with Crippen molar-refractivity contribution in [1.82, 2.24) is 0 Å². The van der Waals surface area contributed by atoms with Gasteiger partial charge >= 0.3 is 6.18 Å². The molecule has 0 radical (unpaired) electrons. The van der Waals surface area contributed by atoms with Gasteiger partial charge in [0.25, 0.3) is 0 Å². The lowest BCUT2D eigenvalue weighted by Crippen LogP contribution is -2.10. The maximum Gasteiger partial charge on any atom is 0.419 e. The van der Waals surface area contributed by atoms with Gasteiger partial charge in [0.15, 0.2) is 0 Å². The van der Waals surface area contributed by atoms with Crippen molar-refractivity contribution >= 4 is 21.6 Å². The van der Waals surface area contributed by atoms with E-state index in [2.05, 4.69) is 15.9 Å². The second kappa shape index (κ2) is 3.68. The van der Waals surface area contributed by atoms with Crippen LogP contribution in [0.4, 0.5) is 18.9 Å². The third-order valence-corrected chi connectivity index (χ3v) is 2.43. The van der Waals surface area contributed by atoms with Gasteiger partial charge in [-0.3, -0.25) is 0 Å². The molecule has 1 rings (SSSR count). The molecule has 0 saturated carbocycles. The molecule has 2 nitrogen and oxygen atoms in total. The molecule has 0 aliphatic rings. The summed E-state index contributed by atoms with van der Waals surface area (Å²) in [7, 11) is 1.29. The predicted molar refractivity (Wildman–Crippen MR) is 50.1 cm³/mol. The molecule has 2 N–H and O–H groups in total. The van der Waals surface area contributed by atoms with Gasteiger partial charge in [-0.1, -0.05) is 0 Å². The zero-order valence-electron chi connectivity index (χ0n) is 7.15. The summed E-state index contributed by atoms with van der Waals surface area (Å²) in [5.41, 5.74) is 3.99. The summed E-state index contributed by atoms with van der Waals surface area (Å²) in [6.45, 7) is 0. The Hall–Kier alpha value is -0.910. The van der Waals surface area contributed by atoms with Crippen LogP contribution in [-0.2, 0) is 6.18 Å². The topological polar surface area (TPSA) is 35.2 Å². The van der Waals surface area contributed by atoms with Crippen LogP contribution in [-0.4, -0.2) is 7.11 Å². The Balaban J connectivity index is 3.40. The molecule has 6 heteroatoms. The fourth-order valence-electron chi connectivity index (χ4n) is 1.02. The van der Waals surface area contributed by atoms with Crippen LogP contribution in [0.5, 0.6) is 5.75 Å². The molecule has 1 aromatic carbocycles. The largest absolute Gasteiger partial charge is 0.496 e. The lowest BCUT2D eigenvalue weighted by molar-refractivity contribution is -0.137. The molecule has 0 unspecified atom stereocenters. The highest BCUT2D eigenvalue weighted by Gasteiger charge is 2.36. The number of ether oxygens (including phenoxy) is 1. The molecule has 0 heterocycles. The highest BCUT2D eigenvalue weighted by atomic mass is 79.9. The van der Waals surface area contributed by atoms with Gasteiger partial charge in [0.2, 0.25) is 0 Å². The lowest BCUT2D eigenvalue weighted by Gasteiger charge is -2.14. The van der Waals surface area contributed by atoms with Crippen molar-refractivity contribution in [3.05, 3.63) is 22.2 Å². The third-order valence-electron chi connectivity index (χ3n) is 1.64. The summed E-state index contributed by atoms with van der Waals surface area (Å²) in [6.07, 6.45) is -4.49. The third kappa shape index (κ3) is 1.95. The van der Waals surface area contributed by atoms with Crippen LogP contribution in [0.1, 0.15) is 5.56 Å². The van der Waals surface area contributed by atoms with Gasteiger partial charge < -0.3 is 10.5 Å². The van der Waals surface area contributed by atoms with Gasteiger partial charge in [0, 0.05) is 5.69 Å². The van der Waals surface area contributed by atoms with Crippen LogP contribution in [0.3, 0.4) is 0 Å². The average Bonchev–Trinajstić information content (AvgIpc) is 2.02. The fourth-order valence-corrected chi connectivity index (χ4v) is 1.77. The van der Waals surface area contributed by atoms with E-state index in [1.54, 1.807) is 0 Å². The number of halogens is 4. The van der Waals surface area contributed by atoms with E-state index in [0.717, 1.165) is 6.07 Å². The minimum absolute atomic E-state index is 0.103. The van der Waals surface area contributed by atoms with E-state index in [1.165, 1.54) is 13.2 Å².